The maximum atomic E-state index is 5.77. The third kappa shape index (κ3) is 6.48. The molecule has 0 heterocycles. The van der Waals surface area contributed by atoms with Crippen molar-refractivity contribution < 1.29 is 4.74 Å². The van der Waals surface area contributed by atoms with Crippen molar-refractivity contribution in [3.05, 3.63) is 41.5 Å². The maximum absolute atomic E-state index is 5.77. The standard InChI is InChI=1S/C17H26O/c1-14(2)7-5-8-15(3)11-12-18-17-10-6-9-16(4)13-17/h6-7,9-10,13,15H,5,8,11-12H2,1-4H3/t15-/m1/s1. The zero-order chi connectivity index (χ0) is 13.4. The highest BCUT2D eigenvalue weighted by molar-refractivity contribution is 5.27. The van der Waals surface area contributed by atoms with Crippen LogP contribution < -0.4 is 4.74 Å². The van der Waals surface area contributed by atoms with Crippen molar-refractivity contribution in [1.82, 2.24) is 0 Å². The van der Waals surface area contributed by atoms with Crippen molar-refractivity contribution in [3.63, 3.8) is 0 Å². The summed E-state index contributed by atoms with van der Waals surface area (Å²) in [6.45, 7) is 9.53. The fourth-order valence-electron chi connectivity index (χ4n) is 1.88. The van der Waals surface area contributed by atoms with Crippen molar-refractivity contribution in [2.45, 2.75) is 47.0 Å². The molecule has 100 valence electrons. The SMILES string of the molecule is CC(C)=CCC[C@@H](C)CCOc1cccc(C)c1. The molecule has 0 saturated carbocycles. The first kappa shape index (κ1) is 14.8. The molecule has 0 radical (unpaired) electrons. The van der Waals surface area contributed by atoms with Crippen LogP contribution in [0.1, 0.15) is 45.6 Å². The predicted molar refractivity (Wildman–Crippen MR) is 79.1 cm³/mol. The van der Waals surface area contributed by atoms with Gasteiger partial charge in [0.1, 0.15) is 5.75 Å². The Labute approximate surface area is 112 Å². The molecule has 18 heavy (non-hydrogen) atoms. The van der Waals surface area contributed by atoms with Gasteiger partial charge in [-0.1, -0.05) is 30.7 Å². The third-order valence-corrected chi connectivity index (χ3v) is 3.08. The second-order valence-electron chi connectivity index (χ2n) is 5.42. The fourth-order valence-corrected chi connectivity index (χ4v) is 1.88. The van der Waals surface area contributed by atoms with Gasteiger partial charge in [-0.2, -0.15) is 0 Å². The van der Waals surface area contributed by atoms with Gasteiger partial charge in [0.05, 0.1) is 6.61 Å². The molecule has 0 fully saturated rings. The molecule has 1 heteroatoms. The lowest BCUT2D eigenvalue weighted by atomic mass is 10.0. The van der Waals surface area contributed by atoms with Gasteiger partial charge < -0.3 is 4.74 Å². The molecule has 0 spiro atoms. The molecule has 0 N–H and O–H groups in total. The van der Waals surface area contributed by atoms with E-state index in [1.54, 1.807) is 0 Å². The van der Waals surface area contributed by atoms with E-state index < -0.39 is 0 Å². The molecule has 1 atom stereocenters. The zero-order valence-corrected chi connectivity index (χ0v) is 12.2. The number of aryl methyl sites for hydroxylation is 1. The van der Waals surface area contributed by atoms with E-state index in [0.717, 1.165) is 24.7 Å². The number of hydrogen-bond donors (Lipinski definition) is 0. The van der Waals surface area contributed by atoms with Gasteiger partial charge in [0.15, 0.2) is 0 Å². The molecule has 1 nitrogen and oxygen atoms in total. The molecule has 1 aromatic rings. The van der Waals surface area contributed by atoms with E-state index >= 15 is 0 Å². The van der Waals surface area contributed by atoms with E-state index in [2.05, 4.69) is 45.9 Å². The number of benzene rings is 1. The minimum absolute atomic E-state index is 0.727. The summed E-state index contributed by atoms with van der Waals surface area (Å²) >= 11 is 0. The van der Waals surface area contributed by atoms with Crippen LogP contribution in [-0.4, -0.2) is 6.61 Å². The van der Waals surface area contributed by atoms with E-state index in [1.165, 1.54) is 24.0 Å². The van der Waals surface area contributed by atoms with E-state index in [9.17, 15) is 0 Å². The summed E-state index contributed by atoms with van der Waals surface area (Å²) in [7, 11) is 0. The molecular formula is C17H26O. The van der Waals surface area contributed by atoms with E-state index in [1.807, 2.05) is 12.1 Å². The molecule has 0 amide bonds. The number of allylic oxidation sites excluding steroid dienone is 2. The Morgan fingerprint density at radius 1 is 1.28 bits per heavy atom. The Hall–Kier alpha value is -1.24. The van der Waals surface area contributed by atoms with Gasteiger partial charge >= 0.3 is 0 Å². The minimum atomic E-state index is 0.727. The molecule has 0 aliphatic heterocycles. The van der Waals surface area contributed by atoms with Crippen LogP contribution in [0.5, 0.6) is 5.75 Å². The van der Waals surface area contributed by atoms with Gasteiger partial charge in [0.25, 0.3) is 0 Å². The zero-order valence-electron chi connectivity index (χ0n) is 12.2. The van der Waals surface area contributed by atoms with Crippen LogP contribution in [0.25, 0.3) is 0 Å². The largest absolute Gasteiger partial charge is 0.494 e. The Kier molecular flexibility index (Phi) is 6.56. The van der Waals surface area contributed by atoms with Crippen molar-refractivity contribution in [1.29, 1.82) is 0 Å². The lowest BCUT2D eigenvalue weighted by Gasteiger charge is -2.11. The minimum Gasteiger partial charge on any atom is -0.494 e. The lowest BCUT2D eigenvalue weighted by Crippen LogP contribution is -2.04. The monoisotopic (exact) mass is 246 g/mol. The smallest absolute Gasteiger partial charge is 0.119 e. The summed E-state index contributed by atoms with van der Waals surface area (Å²) < 4.78 is 5.77. The van der Waals surface area contributed by atoms with Crippen molar-refractivity contribution in [2.24, 2.45) is 5.92 Å². The van der Waals surface area contributed by atoms with Crippen molar-refractivity contribution in [2.75, 3.05) is 6.61 Å². The van der Waals surface area contributed by atoms with Crippen LogP contribution in [0, 0.1) is 12.8 Å². The van der Waals surface area contributed by atoms with Crippen LogP contribution in [0.2, 0.25) is 0 Å². The van der Waals surface area contributed by atoms with Gasteiger partial charge in [-0.15, -0.1) is 0 Å². The van der Waals surface area contributed by atoms with Crippen LogP contribution in [0.15, 0.2) is 35.9 Å². The number of hydrogen-bond acceptors (Lipinski definition) is 1. The van der Waals surface area contributed by atoms with Crippen LogP contribution >= 0.6 is 0 Å². The molecule has 0 aromatic heterocycles. The Morgan fingerprint density at radius 3 is 2.72 bits per heavy atom. The van der Waals surface area contributed by atoms with Crippen molar-refractivity contribution in [3.8, 4) is 5.75 Å². The second-order valence-corrected chi connectivity index (χ2v) is 5.42. The summed E-state index contributed by atoms with van der Waals surface area (Å²) in [5.41, 5.74) is 2.67. The first-order chi connectivity index (χ1) is 8.58. The second kappa shape index (κ2) is 7.97. The summed E-state index contributed by atoms with van der Waals surface area (Å²) in [6.07, 6.45) is 5.89. The normalized spacial score (nSPS) is 12.0. The topological polar surface area (TPSA) is 9.23 Å². The molecule has 0 aliphatic carbocycles. The third-order valence-electron chi connectivity index (χ3n) is 3.08. The Morgan fingerprint density at radius 2 is 2.06 bits per heavy atom. The summed E-state index contributed by atoms with van der Waals surface area (Å²) in [4.78, 5) is 0. The molecule has 0 unspecified atom stereocenters. The molecule has 0 bridgehead atoms. The summed E-state index contributed by atoms with van der Waals surface area (Å²) in [6, 6.07) is 8.26. The van der Waals surface area contributed by atoms with Gasteiger partial charge in [0, 0.05) is 0 Å². The number of ether oxygens (including phenoxy) is 1. The van der Waals surface area contributed by atoms with Gasteiger partial charge in [-0.05, 0) is 63.6 Å². The first-order valence-electron chi connectivity index (χ1n) is 6.90. The van der Waals surface area contributed by atoms with Gasteiger partial charge in [-0.25, -0.2) is 0 Å². The Balaban J connectivity index is 2.19. The summed E-state index contributed by atoms with van der Waals surface area (Å²) in [5, 5.41) is 0. The van der Waals surface area contributed by atoms with Crippen LogP contribution in [-0.2, 0) is 0 Å². The molecular weight excluding hydrogens is 220 g/mol. The summed E-state index contributed by atoms with van der Waals surface area (Å²) in [5.74, 6) is 1.72. The Bertz CT molecular complexity index is 375. The average molecular weight is 246 g/mol. The highest BCUT2D eigenvalue weighted by Crippen LogP contribution is 2.15. The fraction of sp³-hybridized carbons (Fsp3) is 0.529. The average Bonchev–Trinajstić information content (AvgIpc) is 2.28. The number of rotatable bonds is 7. The molecule has 0 aliphatic rings. The van der Waals surface area contributed by atoms with Crippen LogP contribution in [0.3, 0.4) is 0 Å². The highest BCUT2D eigenvalue weighted by Gasteiger charge is 2.02. The van der Waals surface area contributed by atoms with Gasteiger partial charge in [0.2, 0.25) is 0 Å². The lowest BCUT2D eigenvalue weighted by molar-refractivity contribution is 0.279. The highest BCUT2D eigenvalue weighted by atomic mass is 16.5. The molecule has 1 aromatic carbocycles. The first-order valence-corrected chi connectivity index (χ1v) is 6.90. The molecule has 1 rings (SSSR count). The van der Waals surface area contributed by atoms with E-state index in [-0.39, 0.29) is 0 Å². The van der Waals surface area contributed by atoms with Crippen molar-refractivity contribution >= 4 is 0 Å². The van der Waals surface area contributed by atoms with Crippen LogP contribution in [0.4, 0.5) is 0 Å². The van der Waals surface area contributed by atoms with Gasteiger partial charge in [-0.3, -0.25) is 0 Å². The maximum Gasteiger partial charge on any atom is 0.119 e. The van der Waals surface area contributed by atoms with E-state index in [4.69, 9.17) is 4.74 Å². The quantitative estimate of drug-likeness (QED) is 0.605. The predicted octanol–water partition coefficient (Wildman–Crippen LogP) is 5.15. The molecule has 0 saturated heterocycles. The van der Waals surface area contributed by atoms with E-state index in [0.29, 0.717) is 0 Å².